The molecule has 0 aliphatic heterocycles. The highest BCUT2D eigenvalue weighted by Gasteiger charge is 2.04. The first-order chi connectivity index (χ1) is 11.2. The maximum absolute atomic E-state index is 11.7. The Morgan fingerprint density at radius 2 is 1.39 bits per heavy atom. The second kappa shape index (κ2) is 13.4. The number of ether oxygens (including phenoxy) is 1. The molecule has 0 saturated heterocycles. The monoisotopic (exact) mass is 338 g/mol. The van der Waals surface area contributed by atoms with E-state index in [2.05, 4.69) is 6.92 Å². The van der Waals surface area contributed by atoms with Crippen molar-refractivity contribution in [3.8, 4) is 0 Å². The van der Waals surface area contributed by atoms with Crippen LogP contribution in [0.2, 0.25) is 5.02 Å². The van der Waals surface area contributed by atoms with Gasteiger partial charge in [0.05, 0.1) is 13.0 Å². The van der Waals surface area contributed by atoms with Gasteiger partial charge < -0.3 is 4.74 Å². The highest BCUT2D eigenvalue weighted by Crippen LogP contribution is 2.12. The van der Waals surface area contributed by atoms with E-state index in [1.54, 1.807) is 12.1 Å². The van der Waals surface area contributed by atoms with Crippen molar-refractivity contribution in [2.75, 3.05) is 6.61 Å². The molecule has 0 aliphatic carbocycles. The van der Waals surface area contributed by atoms with Crippen molar-refractivity contribution < 1.29 is 9.53 Å². The number of hydrogen-bond donors (Lipinski definition) is 0. The molecule has 0 amide bonds. The van der Waals surface area contributed by atoms with Gasteiger partial charge in [-0.15, -0.1) is 0 Å². The van der Waals surface area contributed by atoms with Gasteiger partial charge in [0.15, 0.2) is 0 Å². The summed E-state index contributed by atoms with van der Waals surface area (Å²) < 4.78 is 5.28. The van der Waals surface area contributed by atoms with Crippen LogP contribution in [0.3, 0.4) is 0 Å². The number of rotatable bonds is 13. The molecule has 0 aliphatic rings. The maximum atomic E-state index is 11.7. The van der Waals surface area contributed by atoms with Crippen molar-refractivity contribution in [2.24, 2.45) is 0 Å². The zero-order valence-corrected chi connectivity index (χ0v) is 15.2. The maximum Gasteiger partial charge on any atom is 0.310 e. The molecule has 0 N–H and O–H groups in total. The van der Waals surface area contributed by atoms with Crippen molar-refractivity contribution in [1.82, 2.24) is 0 Å². The standard InChI is InChI=1S/C20H31ClO2/c1-2-3-4-5-6-7-8-9-10-11-16-23-20(22)17-18-12-14-19(21)15-13-18/h12-15H,2-11,16-17H2,1H3. The number of halogens is 1. The molecule has 0 spiro atoms. The molecule has 0 aromatic heterocycles. The third-order valence-corrected chi connectivity index (χ3v) is 4.27. The molecule has 1 aromatic carbocycles. The molecular weight excluding hydrogens is 308 g/mol. The van der Waals surface area contributed by atoms with Crippen LogP contribution in [0.5, 0.6) is 0 Å². The van der Waals surface area contributed by atoms with E-state index in [4.69, 9.17) is 16.3 Å². The summed E-state index contributed by atoms with van der Waals surface area (Å²) in [7, 11) is 0. The molecular formula is C20H31ClO2. The van der Waals surface area contributed by atoms with Gasteiger partial charge in [-0.05, 0) is 24.1 Å². The Bertz CT molecular complexity index is 414. The van der Waals surface area contributed by atoms with Crippen LogP contribution in [0, 0.1) is 0 Å². The topological polar surface area (TPSA) is 26.3 Å². The third kappa shape index (κ3) is 11.2. The SMILES string of the molecule is CCCCCCCCCCCCOC(=O)Cc1ccc(Cl)cc1. The molecule has 130 valence electrons. The number of esters is 1. The van der Waals surface area contributed by atoms with Crippen molar-refractivity contribution in [3.05, 3.63) is 34.9 Å². The minimum Gasteiger partial charge on any atom is -0.465 e. The fourth-order valence-electron chi connectivity index (χ4n) is 2.60. The molecule has 0 heterocycles. The van der Waals surface area contributed by atoms with Crippen molar-refractivity contribution in [3.63, 3.8) is 0 Å². The Morgan fingerprint density at radius 1 is 0.870 bits per heavy atom. The summed E-state index contributed by atoms with van der Waals surface area (Å²) in [5.41, 5.74) is 0.947. The van der Waals surface area contributed by atoms with E-state index in [-0.39, 0.29) is 5.97 Å². The smallest absolute Gasteiger partial charge is 0.310 e. The van der Waals surface area contributed by atoms with E-state index in [0.717, 1.165) is 18.4 Å². The molecule has 0 unspecified atom stereocenters. The largest absolute Gasteiger partial charge is 0.465 e. The Balaban J connectivity index is 1.90. The fraction of sp³-hybridized carbons (Fsp3) is 0.650. The normalized spacial score (nSPS) is 10.7. The lowest BCUT2D eigenvalue weighted by Gasteiger charge is -2.05. The van der Waals surface area contributed by atoms with Crippen LogP contribution < -0.4 is 0 Å². The number of carbonyl (C=O) groups excluding carboxylic acids is 1. The van der Waals surface area contributed by atoms with Gasteiger partial charge in [0.25, 0.3) is 0 Å². The molecule has 2 nitrogen and oxygen atoms in total. The van der Waals surface area contributed by atoms with Gasteiger partial charge in [0.1, 0.15) is 0 Å². The first-order valence-corrected chi connectivity index (χ1v) is 9.50. The molecule has 23 heavy (non-hydrogen) atoms. The zero-order chi connectivity index (χ0) is 16.8. The average molecular weight is 339 g/mol. The van der Waals surface area contributed by atoms with Gasteiger partial charge >= 0.3 is 5.97 Å². The predicted octanol–water partition coefficient (Wildman–Crippen LogP) is 6.35. The summed E-state index contributed by atoms with van der Waals surface area (Å²) >= 11 is 5.82. The lowest BCUT2D eigenvalue weighted by molar-refractivity contribution is -0.142. The summed E-state index contributed by atoms with van der Waals surface area (Å²) in [4.78, 5) is 11.7. The van der Waals surface area contributed by atoms with Crippen LogP contribution >= 0.6 is 11.6 Å². The molecule has 0 fully saturated rings. The van der Waals surface area contributed by atoms with Crippen LogP contribution in [0.1, 0.15) is 76.7 Å². The minimum absolute atomic E-state index is 0.150. The second-order valence-corrected chi connectivity index (χ2v) is 6.64. The van der Waals surface area contributed by atoms with E-state index in [1.807, 2.05) is 12.1 Å². The van der Waals surface area contributed by atoms with E-state index < -0.39 is 0 Å². The van der Waals surface area contributed by atoms with Crippen LogP contribution in [-0.4, -0.2) is 12.6 Å². The fourth-order valence-corrected chi connectivity index (χ4v) is 2.72. The highest BCUT2D eigenvalue weighted by molar-refractivity contribution is 6.30. The van der Waals surface area contributed by atoms with E-state index in [9.17, 15) is 4.79 Å². The van der Waals surface area contributed by atoms with Gasteiger partial charge in [0.2, 0.25) is 0 Å². The first kappa shape index (κ1) is 20.0. The summed E-state index contributed by atoms with van der Waals surface area (Å²) in [6.45, 7) is 2.80. The van der Waals surface area contributed by atoms with E-state index in [0.29, 0.717) is 18.1 Å². The number of benzene rings is 1. The Hall–Kier alpha value is -1.02. The first-order valence-electron chi connectivity index (χ1n) is 9.12. The Labute approximate surface area is 146 Å². The summed E-state index contributed by atoms with van der Waals surface area (Å²) in [5.74, 6) is -0.150. The van der Waals surface area contributed by atoms with E-state index >= 15 is 0 Å². The molecule has 0 atom stereocenters. The predicted molar refractivity (Wildman–Crippen MR) is 98.0 cm³/mol. The van der Waals surface area contributed by atoms with Crippen LogP contribution in [0.25, 0.3) is 0 Å². The second-order valence-electron chi connectivity index (χ2n) is 6.21. The lowest BCUT2D eigenvalue weighted by atomic mass is 10.1. The van der Waals surface area contributed by atoms with Gasteiger partial charge in [-0.25, -0.2) is 0 Å². The summed E-state index contributed by atoms with van der Waals surface area (Å²) in [6.07, 6.45) is 13.2. The molecule has 0 bridgehead atoms. The average Bonchev–Trinajstić information content (AvgIpc) is 2.55. The minimum atomic E-state index is -0.150. The van der Waals surface area contributed by atoms with Crippen LogP contribution in [0.15, 0.2) is 24.3 Å². The van der Waals surface area contributed by atoms with Crippen molar-refractivity contribution >= 4 is 17.6 Å². The van der Waals surface area contributed by atoms with Gasteiger partial charge in [-0.2, -0.15) is 0 Å². The van der Waals surface area contributed by atoms with Crippen molar-refractivity contribution in [2.45, 2.75) is 77.6 Å². The van der Waals surface area contributed by atoms with Crippen LogP contribution in [-0.2, 0) is 16.0 Å². The van der Waals surface area contributed by atoms with Gasteiger partial charge in [-0.1, -0.05) is 88.4 Å². The third-order valence-electron chi connectivity index (χ3n) is 4.02. The van der Waals surface area contributed by atoms with E-state index in [1.165, 1.54) is 51.4 Å². The quantitative estimate of drug-likeness (QED) is 0.309. The Morgan fingerprint density at radius 3 is 1.96 bits per heavy atom. The summed E-state index contributed by atoms with van der Waals surface area (Å²) in [5, 5.41) is 0.687. The summed E-state index contributed by atoms with van der Waals surface area (Å²) in [6, 6.07) is 7.33. The molecule has 1 rings (SSSR count). The number of unbranched alkanes of at least 4 members (excludes halogenated alkanes) is 9. The molecule has 0 saturated carbocycles. The van der Waals surface area contributed by atoms with Crippen LogP contribution in [0.4, 0.5) is 0 Å². The molecule has 0 radical (unpaired) electrons. The number of hydrogen-bond acceptors (Lipinski definition) is 2. The molecule has 3 heteroatoms. The molecule has 1 aromatic rings. The van der Waals surface area contributed by atoms with Gasteiger partial charge in [-0.3, -0.25) is 4.79 Å². The van der Waals surface area contributed by atoms with Gasteiger partial charge in [0, 0.05) is 5.02 Å². The lowest BCUT2D eigenvalue weighted by Crippen LogP contribution is -2.09. The Kier molecular flexibility index (Phi) is 11.7. The van der Waals surface area contributed by atoms with Crippen molar-refractivity contribution in [1.29, 1.82) is 0 Å². The highest BCUT2D eigenvalue weighted by atomic mass is 35.5. The number of carbonyl (C=O) groups is 1. The zero-order valence-electron chi connectivity index (χ0n) is 14.5.